The molecular formula is C20H28N5OS+. The molecule has 0 saturated carbocycles. The van der Waals surface area contributed by atoms with Crippen LogP contribution in [-0.4, -0.2) is 53.1 Å². The Hall–Kier alpha value is -1.86. The fourth-order valence-corrected chi connectivity index (χ4v) is 4.98. The van der Waals surface area contributed by atoms with Crippen LogP contribution in [-0.2, 0) is 18.3 Å². The second kappa shape index (κ2) is 8.02. The van der Waals surface area contributed by atoms with Gasteiger partial charge in [-0.05, 0) is 43.6 Å². The molecule has 0 aliphatic carbocycles. The molecule has 2 atom stereocenters. The molecule has 2 aliphatic heterocycles. The number of carbonyl (C=O) groups is 1. The van der Waals surface area contributed by atoms with Crippen molar-refractivity contribution in [3.05, 3.63) is 35.7 Å². The summed E-state index contributed by atoms with van der Waals surface area (Å²) < 4.78 is 2.11. The summed E-state index contributed by atoms with van der Waals surface area (Å²) in [6.45, 7) is 3.43. The minimum atomic E-state index is 0.251. The highest BCUT2D eigenvalue weighted by molar-refractivity contribution is 7.98. The molecule has 0 bridgehead atoms. The lowest BCUT2D eigenvalue weighted by atomic mass is 9.97. The molecule has 4 rings (SSSR count). The lowest BCUT2D eigenvalue weighted by molar-refractivity contribution is -0.898. The van der Waals surface area contributed by atoms with E-state index < -0.39 is 0 Å². The maximum absolute atomic E-state index is 13.1. The second-order valence-corrected chi connectivity index (χ2v) is 8.38. The summed E-state index contributed by atoms with van der Waals surface area (Å²) in [5.74, 6) is 1.70. The number of benzene rings is 1. The number of hydrogen-bond donors (Lipinski definition) is 1. The minimum absolute atomic E-state index is 0.251. The highest BCUT2D eigenvalue weighted by atomic mass is 32.2. The van der Waals surface area contributed by atoms with Crippen LogP contribution in [0.15, 0.2) is 29.4 Å². The molecule has 1 unspecified atom stereocenters. The first kappa shape index (κ1) is 18.5. The van der Waals surface area contributed by atoms with Gasteiger partial charge >= 0.3 is 0 Å². The molecule has 144 valence electrons. The Morgan fingerprint density at radius 2 is 2.15 bits per heavy atom. The van der Waals surface area contributed by atoms with Crippen LogP contribution in [0.4, 0.5) is 5.69 Å². The third kappa shape index (κ3) is 3.75. The van der Waals surface area contributed by atoms with Gasteiger partial charge in [0.25, 0.3) is 5.91 Å². The van der Waals surface area contributed by atoms with Crippen molar-refractivity contribution in [2.24, 2.45) is 7.05 Å². The Kier molecular flexibility index (Phi) is 5.50. The molecule has 1 aromatic heterocycles. The van der Waals surface area contributed by atoms with Gasteiger partial charge in [0, 0.05) is 19.3 Å². The van der Waals surface area contributed by atoms with E-state index in [-0.39, 0.29) is 5.91 Å². The van der Waals surface area contributed by atoms with E-state index in [0.29, 0.717) is 12.5 Å². The Labute approximate surface area is 164 Å². The van der Waals surface area contributed by atoms with Crippen molar-refractivity contribution in [1.29, 1.82) is 0 Å². The van der Waals surface area contributed by atoms with Crippen LogP contribution < -0.4 is 9.80 Å². The smallest absolute Gasteiger partial charge is 0.282 e. The molecule has 1 fully saturated rings. The van der Waals surface area contributed by atoms with Crippen molar-refractivity contribution in [2.75, 3.05) is 37.3 Å². The lowest BCUT2D eigenvalue weighted by Gasteiger charge is -2.33. The molecule has 2 aromatic rings. The third-order valence-electron chi connectivity index (χ3n) is 5.85. The van der Waals surface area contributed by atoms with Gasteiger partial charge in [0.2, 0.25) is 0 Å². The number of fused-ring (bicyclic) bond motifs is 1. The number of likely N-dealkylation sites (tertiary alicyclic amines) is 1. The number of thioether (sulfide) groups is 1. The molecule has 0 spiro atoms. The summed E-state index contributed by atoms with van der Waals surface area (Å²) in [7, 11) is 2.05. The van der Waals surface area contributed by atoms with Crippen LogP contribution in [0.3, 0.4) is 0 Å². The number of nitrogens with zero attached hydrogens (tertiary/aromatic N) is 4. The minimum Gasteiger partial charge on any atom is -0.327 e. The van der Waals surface area contributed by atoms with Crippen molar-refractivity contribution in [2.45, 2.75) is 36.8 Å². The van der Waals surface area contributed by atoms with Crippen molar-refractivity contribution < 1.29 is 9.69 Å². The van der Waals surface area contributed by atoms with Crippen LogP contribution in [0.5, 0.6) is 0 Å². The normalized spacial score (nSPS) is 22.5. The van der Waals surface area contributed by atoms with Crippen LogP contribution in [0.25, 0.3) is 0 Å². The average Bonchev–Trinajstić information content (AvgIpc) is 3.08. The van der Waals surface area contributed by atoms with Gasteiger partial charge in [-0.1, -0.05) is 30.0 Å². The topological polar surface area (TPSA) is 55.5 Å². The van der Waals surface area contributed by atoms with Crippen molar-refractivity contribution in [3.63, 3.8) is 0 Å². The number of anilines is 1. The van der Waals surface area contributed by atoms with Crippen molar-refractivity contribution in [1.82, 2.24) is 14.8 Å². The van der Waals surface area contributed by atoms with Crippen LogP contribution in [0.2, 0.25) is 0 Å². The summed E-state index contributed by atoms with van der Waals surface area (Å²) in [5, 5.41) is 9.67. The molecule has 0 radical (unpaired) electrons. The van der Waals surface area contributed by atoms with E-state index in [0.717, 1.165) is 62.0 Å². The Morgan fingerprint density at radius 3 is 2.96 bits per heavy atom. The summed E-state index contributed by atoms with van der Waals surface area (Å²) in [6.07, 6.45) is 6.41. The van der Waals surface area contributed by atoms with Gasteiger partial charge in [-0.3, -0.25) is 4.79 Å². The van der Waals surface area contributed by atoms with Crippen LogP contribution in [0.1, 0.15) is 36.6 Å². The lowest BCUT2D eigenvalue weighted by Crippen LogP contribution is -3.14. The molecule has 6 nitrogen and oxygen atoms in total. The number of quaternary nitrogens is 1. The first-order chi connectivity index (χ1) is 13.2. The van der Waals surface area contributed by atoms with Gasteiger partial charge in [0.05, 0.1) is 19.0 Å². The van der Waals surface area contributed by atoms with E-state index in [1.54, 1.807) is 11.8 Å². The Balaban J connectivity index is 1.44. The molecule has 27 heavy (non-hydrogen) atoms. The summed E-state index contributed by atoms with van der Waals surface area (Å²) in [5.41, 5.74) is 2.41. The number of nitrogens with one attached hydrogen (secondary N) is 1. The summed E-state index contributed by atoms with van der Waals surface area (Å²) in [4.78, 5) is 16.4. The molecule has 1 amide bonds. The quantitative estimate of drug-likeness (QED) is 0.805. The molecule has 1 N–H and O–H groups in total. The number of aromatic nitrogens is 3. The predicted octanol–water partition coefficient (Wildman–Crippen LogP) is 1.28. The fourth-order valence-electron chi connectivity index (χ4n) is 4.49. The summed E-state index contributed by atoms with van der Waals surface area (Å²) in [6, 6.07) is 8.34. The summed E-state index contributed by atoms with van der Waals surface area (Å²) >= 11 is 1.63. The van der Waals surface area contributed by atoms with Crippen molar-refractivity contribution in [3.8, 4) is 0 Å². The average molecular weight is 387 g/mol. The predicted molar refractivity (Wildman–Crippen MR) is 107 cm³/mol. The number of rotatable bonds is 4. The number of carbonyl (C=O) groups excluding carboxylic acids is 1. The Morgan fingerprint density at radius 1 is 1.30 bits per heavy atom. The van der Waals surface area contributed by atoms with Gasteiger partial charge in [-0.25, -0.2) is 0 Å². The third-order valence-corrected chi connectivity index (χ3v) is 6.57. The van der Waals surface area contributed by atoms with E-state index in [4.69, 9.17) is 0 Å². The maximum atomic E-state index is 13.1. The van der Waals surface area contributed by atoms with E-state index in [1.165, 1.54) is 10.5 Å². The van der Waals surface area contributed by atoms with Crippen LogP contribution in [0, 0.1) is 0 Å². The molecule has 7 heteroatoms. The second-order valence-electron chi connectivity index (χ2n) is 7.60. The zero-order chi connectivity index (χ0) is 18.8. The monoisotopic (exact) mass is 386 g/mol. The number of hydrogen-bond acceptors (Lipinski definition) is 4. The van der Waals surface area contributed by atoms with Crippen molar-refractivity contribution >= 4 is 23.4 Å². The fraction of sp³-hybridized carbons (Fsp3) is 0.550. The van der Waals surface area contributed by atoms with E-state index in [9.17, 15) is 4.79 Å². The maximum Gasteiger partial charge on any atom is 0.282 e. The Bertz CT molecular complexity index is 820. The van der Waals surface area contributed by atoms with Gasteiger partial charge < -0.3 is 14.4 Å². The zero-order valence-corrected chi connectivity index (χ0v) is 17.0. The van der Waals surface area contributed by atoms with Gasteiger partial charge in [-0.2, -0.15) is 0 Å². The van der Waals surface area contributed by atoms with E-state index >= 15 is 0 Å². The molecular weight excluding hydrogens is 358 g/mol. The van der Waals surface area contributed by atoms with Gasteiger partial charge in [-0.15, -0.1) is 10.2 Å². The molecule has 3 heterocycles. The van der Waals surface area contributed by atoms with Gasteiger partial charge in [0.1, 0.15) is 5.82 Å². The largest absolute Gasteiger partial charge is 0.327 e. The molecule has 1 saturated heterocycles. The van der Waals surface area contributed by atoms with Crippen LogP contribution >= 0.6 is 11.8 Å². The SMILES string of the molecule is CSc1nnc([C@@H]2CCC[NH+](CC(=O)N3CCCc4ccccc43)C2)n1C. The number of piperidine rings is 1. The molecule has 1 aromatic carbocycles. The number of para-hydroxylation sites is 1. The molecule has 2 aliphatic rings. The van der Waals surface area contributed by atoms with E-state index in [1.807, 2.05) is 24.3 Å². The number of aryl methyl sites for hydroxylation is 1. The zero-order valence-electron chi connectivity index (χ0n) is 16.1. The highest BCUT2D eigenvalue weighted by Crippen LogP contribution is 2.27. The highest BCUT2D eigenvalue weighted by Gasteiger charge is 2.32. The first-order valence-electron chi connectivity index (χ1n) is 9.82. The first-order valence-corrected chi connectivity index (χ1v) is 11.0. The standard InChI is InChI=1S/C20H27N5OS/c1-23-19(21-22-20(23)27-2)16-9-5-11-24(13-16)14-18(26)25-12-6-8-15-7-3-4-10-17(15)25/h3-4,7,10,16H,5-6,8-9,11-14H2,1-2H3/p+1/t16-/m1/s1. The number of amides is 1. The van der Waals surface area contributed by atoms with E-state index in [2.05, 4.69) is 33.0 Å². The van der Waals surface area contributed by atoms with Gasteiger partial charge in [0.15, 0.2) is 11.7 Å².